The Labute approximate surface area is 93.7 Å². The molecule has 1 heterocycles. The number of carbonyl (C=O) groups is 2. The van der Waals surface area contributed by atoms with Crippen LogP contribution >= 0.6 is 0 Å². The Balaban J connectivity index is 2.83. The van der Waals surface area contributed by atoms with Gasteiger partial charge < -0.3 is 10.4 Å². The summed E-state index contributed by atoms with van der Waals surface area (Å²) in [4.78, 5) is 21.2. The molecule has 1 aliphatic rings. The van der Waals surface area contributed by atoms with Crippen molar-refractivity contribution in [3.8, 4) is 0 Å². The molecule has 0 bridgehead atoms. The van der Waals surface area contributed by atoms with Crippen molar-refractivity contribution in [2.45, 2.75) is 12.2 Å². The molecule has 1 fully saturated rings. The minimum Gasteiger partial charge on any atom is -0.481 e. The molecule has 1 saturated heterocycles. The van der Waals surface area contributed by atoms with Gasteiger partial charge in [0.25, 0.3) is 0 Å². The van der Waals surface area contributed by atoms with E-state index in [9.17, 15) is 31.2 Å². The summed E-state index contributed by atoms with van der Waals surface area (Å²) in [5.74, 6) is -7.02. The van der Waals surface area contributed by atoms with Crippen molar-refractivity contribution in [1.82, 2.24) is 5.32 Å². The van der Waals surface area contributed by atoms with Crippen molar-refractivity contribution >= 4 is 21.7 Å². The van der Waals surface area contributed by atoms with E-state index in [1.807, 2.05) is 0 Å². The monoisotopic (exact) mass is 275 g/mol. The molecule has 0 aromatic heterocycles. The Morgan fingerprint density at radius 1 is 1.24 bits per heavy atom. The lowest BCUT2D eigenvalue weighted by Gasteiger charge is -2.16. The van der Waals surface area contributed by atoms with Crippen molar-refractivity contribution in [2.24, 2.45) is 5.92 Å². The summed E-state index contributed by atoms with van der Waals surface area (Å²) in [6.07, 6.45) is -5.17. The Hall–Kier alpha value is -1.32. The summed E-state index contributed by atoms with van der Waals surface area (Å²) >= 11 is 0. The van der Waals surface area contributed by atoms with Crippen LogP contribution in [0.15, 0.2) is 0 Å². The highest BCUT2D eigenvalue weighted by Gasteiger charge is 2.47. The molecular weight excluding hydrogens is 267 g/mol. The molecule has 0 radical (unpaired) electrons. The van der Waals surface area contributed by atoms with Gasteiger partial charge in [-0.15, -0.1) is 0 Å². The minimum absolute atomic E-state index is 0.773. The predicted octanol–water partition coefficient (Wildman–Crippen LogP) is -0.837. The average molecular weight is 275 g/mol. The molecule has 2 N–H and O–H groups in total. The number of halogens is 3. The number of sulfone groups is 1. The number of alkyl halides is 3. The van der Waals surface area contributed by atoms with Crippen molar-refractivity contribution < 1.29 is 36.3 Å². The van der Waals surface area contributed by atoms with Crippen LogP contribution in [0.5, 0.6) is 0 Å². The van der Waals surface area contributed by atoms with Gasteiger partial charge in [0.05, 0.1) is 23.5 Å². The van der Waals surface area contributed by atoms with Crippen molar-refractivity contribution in [3.05, 3.63) is 0 Å². The molecule has 0 unspecified atom stereocenters. The van der Waals surface area contributed by atoms with Crippen molar-refractivity contribution in [1.29, 1.82) is 0 Å². The summed E-state index contributed by atoms with van der Waals surface area (Å²) in [5.41, 5.74) is 0. The SMILES string of the molecule is O=C(O)[C@@H]1CS(=O)(=O)C[C@H]1NC(=O)C(F)(F)F. The minimum atomic E-state index is -5.17. The van der Waals surface area contributed by atoms with Gasteiger partial charge in [0.1, 0.15) is 0 Å². The Morgan fingerprint density at radius 3 is 2.18 bits per heavy atom. The molecule has 0 aromatic rings. The van der Waals surface area contributed by atoms with E-state index in [1.165, 1.54) is 5.32 Å². The Morgan fingerprint density at radius 2 is 1.76 bits per heavy atom. The van der Waals surface area contributed by atoms with Crippen LogP contribution in [-0.4, -0.2) is 49.1 Å². The van der Waals surface area contributed by atoms with Gasteiger partial charge in [-0.1, -0.05) is 0 Å². The lowest BCUT2D eigenvalue weighted by Crippen LogP contribution is -2.48. The first-order valence-corrected chi connectivity index (χ1v) is 6.16. The number of nitrogens with one attached hydrogen (secondary N) is 1. The first-order valence-electron chi connectivity index (χ1n) is 4.34. The fraction of sp³-hybridized carbons (Fsp3) is 0.714. The fourth-order valence-electron chi connectivity index (χ4n) is 1.48. The van der Waals surface area contributed by atoms with E-state index in [-0.39, 0.29) is 0 Å². The van der Waals surface area contributed by atoms with E-state index in [1.54, 1.807) is 0 Å². The number of carboxylic acids is 1. The van der Waals surface area contributed by atoms with Crippen LogP contribution in [0.4, 0.5) is 13.2 Å². The lowest BCUT2D eigenvalue weighted by molar-refractivity contribution is -0.174. The third-order valence-corrected chi connectivity index (χ3v) is 3.98. The third-order valence-electron chi connectivity index (χ3n) is 2.24. The second-order valence-corrected chi connectivity index (χ2v) is 5.75. The molecule has 2 atom stereocenters. The largest absolute Gasteiger partial charge is 0.481 e. The number of aliphatic carboxylic acids is 1. The normalized spacial score (nSPS) is 27.7. The number of hydrogen-bond acceptors (Lipinski definition) is 4. The summed E-state index contributed by atoms with van der Waals surface area (Å²) < 4.78 is 57.9. The van der Waals surface area contributed by atoms with Gasteiger partial charge in [0.15, 0.2) is 9.84 Å². The summed E-state index contributed by atoms with van der Waals surface area (Å²) in [6.45, 7) is 0. The standard InChI is InChI=1S/C7H8F3NO5S/c8-7(9,10)6(14)11-4-2-17(15,16)1-3(4)5(12)13/h3-4H,1-2H2,(H,11,14)(H,12,13)/t3-,4-/m1/s1. The van der Waals surface area contributed by atoms with Crippen LogP contribution in [0, 0.1) is 5.92 Å². The molecule has 6 nitrogen and oxygen atoms in total. The van der Waals surface area contributed by atoms with Gasteiger partial charge in [-0.05, 0) is 0 Å². The van der Waals surface area contributed by atoms with Gasteiger partial charge in [-0.2, -0.15) is 13.2 Å². The van der Waals surface area contributed by atoms with E-state index in [0.717, 1.165) is 0 Å². The first-order chi connectivity index (χ1) is 7.53. The number of amides is 1. The molecule has 0 aromatic carbocycles. The second kappa shape index (κ2) is 4.17. The van der Waals surface area contributed by atoms with Crippen LogP contribution in [-0.2, 0) is 19.4 Å². The van der Waals surface area contributed by atoms with Crippen LogP contribution in [0.1, 0.15) is 0 Å². The summed E-state index contributed by atoms with van der Waals surface area (Å²) in [6, 6.07) is -1.55. The van der Waals surface area contributed by atoms with Gasteiger partial charge in [0, 0.05) is 0 Å². The summed E-state index contributed by atoms with van der Waals surface area (Å²) in [5, 5.41) is 10.0. The van der Waals surface area contributed by atoms with E-state index in [0.29, 0.717) is 0 Å². The molecule has 10 heteroatoms. The van der Waals surface area contributed by atoms with Crippen LogP contribution < -0.4 is 5.32 Å². The quantitative estimate of drug-likeness (QED) is 0.684. The van der Waals surface area contributed by atoms with Gasteiger partial charge >= 0.3 is 18.1 Å². The number of carboxylic acid groups (broad SMARTS) is 1. The van der Waals surface area contributed by atoms with E-state index < -0.39 is 51.4 Å². The van der Waals surface area contributed by atoms with Crippen LogP contribution in [0.25, 0.3) is 0 Å². The highest BCUT2D eigenvalue weighted by Crippen LogP contribution is 2.22. The zero-order chi connectivity index (χ0) is 13.4. The molecule has 0 aliphatic carbocycles. The average Bonchev–Trinajstić information content (AvgIpc) is 2.39. The predicted molar refractivity (Wildman–Crippen MR) is 47.8 cm³/mol. The molecule has 1 rings (SSSR count). The van der Waals surface area contributed by atoms with Crippen LogP contribution in [0.3, 0.4) is 0 Å². The Kier molecular flexibility index (Phi) is 3.37. The summed E-state index contributed by atoms with van der Waals surface area (Å²) in [7, 11) is -3.74. The maximum absolute atomic E-state index is 11.9. The molecule has 0 spiro atoms. The lowest BCUT2D eigenvalue weighted by atomic mass is 10.0. The molecule has 0 saturated carbocycles. The highest BCUT2D eigenvalue weighted by atomic mass is 32.2. The van der Waals surface area contributed by atoms with Crippen molar-refractivity contribution in [2.75, 3.05) is 11.5 Å². The number of hydrogen-bond donors (Lipinski definition) is 2. The maximum atomic E-state index is 11.9. The molecular formula is C7H8F3NO5S. The van der Waals surface area contributed by atoms with Gasteiger partial charge in [-0.25, -0.2) is 8.42 Å². The van der Waals surface area contributed by atoms with Crippen LogP contribution in [0.2, 0.25) is 0 Å². The maximum Gasteiger partial charge on any atom is 0.471 e. The number of carbonyl (C=O) groups excluding carboxylic acids is 1. The molecule has 1 amide bonds. The fourth-order valence-corrected chi connectivity index (χ4v) is 3.40. The molecule has 1 aliphatic heterocycles. The Bertz CT molecular complexity index is 443. The van der Waals surface area contributed by atoms with Crippen molar-refractivity contribution in [3.63, 3.8) is 0 Å². The van der Waals surface area contributed by atoms with Gasteiger partial charge in [-0.3, -0.25) is 9.59 Å². The smallest absolute Gasteiger partial charge is 0.471 e. The van der Waals surface area contributed by atoms with Gasteiger partial charge in [0.2, 0.25) is 0 Å². The zero-order valence-electron chi connectivity index (χ0n) is 8.19. The first kappa shape index (κ1) is 13.7. The topological polar surface area (TPSA) is 101 Å². The van der Waals surface area contributed by atoms with E-state index in [2.05, 4.69) is 0 Å². The molecule has 17 heavy (non-hydrogen) atoms. The number of rotatable bonds is 2. The molecule has 98 valence electrons. The zero-order valence-corrected chi connectivity index (χ0v) is 9.01. The second-order valence-electron chi connectivity index (χ2n) is 3.60. The third kappa shape index (κ3) is 3.32. The highest BCUT2D eigenvalue weighted by molar-refractivity contribution is 7.91. The van der Waals surface area contributed by atoms with E-state index in [4.69, 9.17) is 5.11 Å². The van der Waals surface area contributed by atoms with E-state index >= 15 is 0 Å².